The summed E-state index contributed by atoms with van der Waals surface area (Å²) in [5.41, 5.74) is 0. The van der Waals surface area contributed by atoms with Gasteiger partial charge in [-0.2, -0.15) is 0 Å². The zero-order valence-electron chi connectivity index (χ0n) is 12.5. The monoisotopic (exact) mass is 329 g/mol. The van der Waals surface area contributed by atoms with Gasteiger partial charge in [0.05, 0.1) is 18.1 Å². The number of aliphatic imine (C=N–C) groups is 1. The number of thiophene rings is 1. The van der Waals surface area contributed by atoms with E-state index in [9.17, 15) is 8.42 Å². The van der Waals surface area contributed by atoms with E-state index < -0.39 is 9.84 Å². The normalized spacial score (nSPS) is 23.0. The third kappa shape index (κ3) is 5.00. The molecule has 2 heterocycles. The Morgan fingerprint density at radius 2 is 2.38 bits per heavy atom. The summed E-state index contributed by atoms with van der Waals surface area (Å²) in [5, 5.41) is 8.49. The fraction of sp³-hybridized carbons (Fsp3) is 0.643. The van der Waals surface area contributed by atoms with Crippen LogP contribution in [0.2, 0.25) is 0 Å². The molecule has 1 aliphatic heterocycles. The highest BCUT2D eigenvalue weighted by Crippen LogP contribution is 2.20. The molecule has 2 unspecified atom stereocenters. The maximum absolute atomic E-state index is 11.5. The molecule has 0 aliphatic carbocycles. The average molecular weight is 329 g/mol. The third-order valence-electron chi connectivity index (χ3n) is 3.47. The Bertz CT molecular complexity index is 567. The van der Waals surface area contributed by atoms with E-state index in [0.29, 0.717) is 24.8 Å². The largest absolute Gasteiger partial charge is 0.357 e. The van der Waals surface area contributed by atoms with Gasteiger partial charge >= 0.3 is 0 Å². The van der Waals surface area contributed by atoms with E-state index >= 15 is 0 Å². The van der Waals surface area contributed by atoms with Crippen LogP contribution in [0.25, 0.3) is 0 Å². The predicted octanol–water partition coefficient (Wildman–Crippen LogP) is 1.59. The van der Waals surface area contributed by atoms with Gasteiger partial charge in [0.15, 0.2) is 15.8 Å². The van der Waals surface area contributed by atoms with Crippen LogP contribution in [0.4, 0.5) is 0 Å². The SMILES string of the molecule is CCNC(=NCC(C)c1cccs1)NC1CCS(=O)(=O)C1. The van der Waals surface area contributed by atoms with Crippen molar-refractivity contribution in [2.45, 2.75) is 32.2 Å². The number of hydrogen-bond acceptors (Lipinski definition) is 4. The lowest BCUT2D eigenvalue weighted by atomic mass is 10.1. The molecule has 0 amide bonds. The van der Waals surface area contributed by atoms with Gasteiger partial charge in [-0.1, -0.05) is 13.0 Å². The fourth-order valence-corrected chi connectivity index (χ4v) is 4.76. The summed E-state index contributed by atoms with van der Waals surface area (Å²) >= 11 is 1.74. The van der Waals surface area contributed by atoms with Gasteiger partial charge < -0.3 is 10.6 Å². The number of nitrogens with zero attached hydrogens (tertiary/aromatic N) is 1. The van der Waals surface area contributed by atoms with Gasteiger partial charge in [0.2, 0.25) is 0 Å². The second kappa shape index (κ2) is 7.26. The molecule has 1 saturated heterocycles. The van der Waals surface area contributed by atoms with E-state index in [4.69, 9.17) is 0 Å². The minimum atomic E-state index is -2.87. The summed E-state index contributed by atoms with van der Waals surface area (Å²) < 4.78 is 23.0. The van der Waals surface area contributed by atoms with Crippen molar-refractivity contribution in [1.82, 2.24) is 10.6 Å². The molecule has 2 atom stereocenters. The van der Waals surface area contributed by atoms with Crippen molar-refractivity contribution in [2.75, 3.05) is 24.6 Å². The van der Waals surface area contributed by atoms with E-state index in [1.807, 2.05) is 13.0 Å². The van der Waals surface area contributed by atoms with Crippen LogP contribution in [0.3, 0.4) is 0 Å². The van der Waals surface area contributed by atoms with Crippen LogP contribution in [-0.4, -0.2) is 45.0 Å². The first kappa shape index (κ1) is 16.3. The number of sulfone groups is 1. The highest BCUT2D eigenvalue weighted by Gasteiger charge is 2.28. The van der Waals surface area contributed by atoms with Crippen molar-refractivity contribution in [3.8, 4) is 0 Å². The molecule has 1 aliphatic rings. The Morgan fingerprint density at radius 1 is 1.57 bits per heavy atom. The zero-order chi connectivity index (χ0) is 15.3. The minimum absolute atomic E-state index is 0.0233. The standard InChI is InChI=1S/C14H23N3O2S2/c1-3-15-14(17-12-6-8-21(18,19)10-12)16-9-11(2)13-5-4-7-20-13/h4-5,7,11-12H,3,6,8-10H2,1-2H3,(H2,15,16,17). The van der Waals surface area contributed by atoms with Crippen molar-refractivity contribution in [1.29, 1.82) is 0 Å². The molecule has 1 fully saturated rings. The van der Waals surface area contributed by atoms with Gasteiger partial charge in [-0.15, -0.1) is 11.3 Å². The van der Waals surface area contributed by atoms with Crippen LogP contribution in [0.1, 0.15) is 31.1 Å². The lowest BCUT2D eigenvalue weighted by Gasteiger charge is -2.16. The molecule has 7 heteroatoms. The Morgan fingerprint density at radius 3 is 2.95 bits per heavy atom. The van der Waals surface area contributed by atoms with Crippen molar-refractivity contribution in [3.05, 3.63) is 22.4 Å². The summed E-state index contributed by atoms with van der Waals surface area (Å²) in [6.07, 6.45) is 0.660. The van der Waals surface area contributed by atoms with Gasteiger partial charge in [-0.25, -0.2) is 8.42 Å². The van der Waals surface area contributed by atoms with Crippen LogP contribution in [0.15, 0.2) is 22.5 Å². The van der Waals surface area contributed by atoms with Gasteiger partial charge in [0, 0.05) is 23.4 Å². The van der Waals surface area contributed by atoms with Crippen LogP contribution in [0, 0.1) is 0 Å². The Kier molecular flexibility index (Phi) is 5.64. The van der Waals surface area contributed by atoms with E-state index in [2.05, 4.69) is 34.0 Å². The third-order valence-corrected chi connectivity index (χ3v) is 6.34. The van der Waals surface area contributed by atoms with Crippen molar-refractivity contribution in [2.24, 2.45) is 4.99 Å². The maximum atomic E-state index is 11.5. The number of nitrogens with one attached hydrogen (secondary N) is 2. The molecule has 21 heavy (non-hydrogen) atoms. The Hall–Kier alpha value is -1.08. The summed E-state index contributed by atoms with van der Waals surface area (Å²) in [4.78, 5) is 5.90. The van der Waals surface area contributed by atoms with Crippen LogP contribution in [-0.2, 0) is 9.84 Å². The maximum Gasteiger partial charge on any atom is 0.191 e. The number of guanidine groups is 1. The number of hydrogen-bond donors (Lipinski definition) is 2. The first-order valence-electron chi connectivity index (χ1n) is 7.29. The quantitative estimate of drug-likeness (QED) is 0.636. The highest BCUT2D eigenvalue weighted by molar-refractivity contribution is 7.91. The molecule has 0 bridgehead atoms. The predicted molar refractivity (Wildman–Crippen MR) is 88.9 cm³/mol. The molecular formula is C14H23N3O2S2. The first-order chi connectivity index (χ1) is 10.00. The van der Waals surface area contributed by atoms with Crippen LogP contribution >= 0.6 is 11.3 Å². The smallest absolute Gasteiger partial charge is 0.191 e. The van der Waals surface area contributed by atoms with E-state index in [-0.39, 0.29) is 17.5 Å². The first-order valence-corrected chi connectivity index (χ1v) is 9.99. The summed E-state index contributed by atoms with van der Waals surface area (Å²) in [5.74, 6) is 1.56. The molecule has 2 N–H and O–H groups in total. The lowest BCUT2D eigenvalue weighted by Crippen LogP contribution is -2.44. The molecule has 1 aromatic heterocycles. The van der Waals surface area contributed by atoms with Gasteiger partial charge in [0.25, 0.3) is 0 Å². The van der Waals surface area contributed by atoms with Gasteiger partial charge in [-0.3, -0.25) is 4.99 Å². The topological polar surface area (TPSA) is 70.6 Å². The van der Waals surface area contributed by atoms with E-state index in [0.717, 1.165) is 6.54 Å². The molecule has 0 radical (unpaired) electrons. The average Bonchev–Trinajstić information content (AvgIpc) is 3.05. The Balaban J connectivity index is 1.93. The zero-order valence-corrected chi connectivity index (χ0v) is 14.1. The molecule has 0 aromatic carbocycles. The van der Waals surface area contributed by atoms with Crippen molar-refractivity contribution in [3.63, 3.8) is 0 Å². The van der Waals surface area contributed by atoms with Gasteiger partial charge in [0.1, 0.15) is 0 Å². The summed E-state index contributed by atoms with van der Waals surface area (Å²) in [6, 6.07) is 4.15. The fourth-order valence-electron chi connectivity index (χ4n) is 2.31. The molecule has 118 valence electrons. The molecular weight excluding hydrogens is 306 g/mol. The molecule has 5 nitrogen and oxygen atoms in total. The van der Waals surface area contributed by atoms with Gasteiger partial charge in [-0.05, 0) is 24.8 Å². The highest BCUT2D eigenvalue weighted by atomic mass is 32.2. The molecule has 2 rings (SSSR count). The van der Waals surface area contributed by atoms with Crippen molar-refractivity contribution >= 4 is 27.1 Å². The minimum Gasteiger partial charge on any atom is -0.357 e. The van der Waals surface area contributed by atoms with E-state index in [1.54, 1.807) is 11.3 Å². The second-order valence-corrected chi connectivity index (χ2v) is 8.59. The van der Waals surface area contributed by atoms with Crippen LogP contribution < -0.4 is 10.6 Å². The Labute approximate surface area is 130 Å². The summed E-state index contributed by atoms with van der Waals surface area (Å²) in [7, 11) is -2.87. The lowest BCUT2D eigenvalue weighted by molar-refractivity contribution is 0.599. The molecule has 1 aromatic rings. The number of rotatable bonds is 5. The van der Waals surface area contributed by atoms with Crippen LogP contribution in [0.5, 0.6) is 0 Å². The van der Waals surface area contributed by atoms with E-state index in [1.165, 1.54) is 4.88 Å². The second-order valence-electron chi connectivity index (χ2n) is 5.38. The summed E-state index contributed by atoms with van der Waals surface area (Å²) in [6.45, 7) is 5.61. The molecule has 0 spiro atoms. The molecule has 0 saturated carbocycles. The van der Waals surface area contributed by atoms with Crippen molar-refractivity contribution < 1.29 is 8.42 Å².